The highest BCUT2D eigenvalue weighted by Gasteiger charge is 2.21. The number of hydrogen-bond donors (Lipinski definition) is 0. The van der Waals surface area contributed by atoms with Crippen LogP contribution in [0.1, 0.15) is 55.4 Å². The summed E-state index contributed by atoms with van der Waals surface area (Å²) < 4.78 is 11.3. The molecule has 0 saturated heterocycles. The molecule has 1 aliphatic carbocycles. The van der Waals surface area contributed by atoms with E-state index in [4.69, 9.17) is 9.26 Å². The first-order chi connectivity index (χ1) is 11.8. The fraction of sp³-hybridized carbons (Fsp3) is 0.444. The molecule has 0 aromatic carbocycles. The van der Waals surface area contributed by atoms with Crippen molar-refractivity contribution in [2.24, 2.45) is 0 Å². The minimum absolute atomic E-state index is 0.282. The van der Waals surface area contributed by atoms with E-state index < -0.39 is 0 Å². The molecule has 6 heteroatoms. The molecule has 4 rings (SSSR count). The average Bonchev–Trinajstić information content (AvgIpc) is 3.10. The predicted octanol–water partition coefficient (Wildman–Crippen LogP) is 3.95. The Morgan fingerprint density at radius 1 is 1.21 bits per heavy atom. The van der Waals surface area contributed by atoms with Gasteiger partial charge in [0, 0.05) is 23.7 Å². The Hall–Kier alpha value is -2.50. The lowest BCUT2D eigenvalue weighted by molar-refractivity contribution is 0.278. The molecular formula is C18H20N4O2. The molecule has 0 aliphatic heterocycles. The van der Waals surface area contributed by atoms with E-state index in [1.807, 2.05) is 19.1 Å². The van der Waals surface area contributed by atoms with E-state index >= 15 is 0 Å². The van der Waals surface area contributed by atoms with Crippen molar-refractivity contribution in [1.82, 2.24) is 20.1 Å². The number of aromatic nitrogens is 4. The zero-order chi connectivity index (χ0) is 16.4. The van der Waals surface area contributed by atoms with Crippen LogP contribution >= 0.6 is 0 Å². The molecular weight excluding hydrogens is 304 g/mol. The van der Waals surface area contributed by atoms with Crippen molar-refractivity contribution in [3.05, 3.63) is 41.9 Å². The summed E-state index contributed by atoms with van der Waals surface area (Å²) in [6.07, 6.45) is 9.60. The minimum atomic E-state index is 0.282. The van der Waals surface area contributed by atoms with Crippen LogP contribution < -0.4 is 4.74 Å². The molecule has 24 heavy (non-hydrogen) atoms. The van der Waals surface area contributed by atoms with Gasteiger partial charge in [0.15, 0.2) is 6.61 Å². The van der Waals surface area contributed by atoms with Crippen LogP contribution in [0.3, 0.4) is 0 Å². The monoisotopic (exact) mass is 324 g/mol. The third kappa shape index (κ3) is 3.09. The maximum atomic E-state index is 5.86. The molecule has 3 heterocycles. The minimum Gasteiger partial charge on any atom is -0.484 e. The van der Waals surface area contributed by atoms with Gasteiger partial charge in [-0.05, 0) is 31.9 Å². The lowest BCUT2D eigenvalue weighted by atomic mass is 9.89. The van der Waals surface area contributed by atoms with Gasteiger partial charge in [-0.15, -0.1) is 0 Å². The third-order valence-electron chi connectivity index (χ3n) is 4.55. The van der Waals surface area contributed by atoms with Crippen LogP contribution in [0.25, 0.3) is 10.9 Å². The van der Waals surface area contributed by atoms with Gasteiger partial charge in [-0.3, -0.25) is 4.98 Å². The number of nitrogens with zero attached hydrogens (tertiary/aromatic N) is 4. The molecule has 1 fully saturated rings. The normalized spacial score (nSPS) is 15.7. The van der Waals surface area contributed by atoms with Crippen molar-refractivity contribution in [2.45, 2.75) is 51.6 Å². The second-order valence-corrected chi connectivity index (χ2v) is 6.31. The summed E-state index contributed by atoms with van der Waals surface area (Å²) in [4.78, 5) is 13.2. The molecule has 1 aliphatic rings. The Bertz CT molecular complexity index is 840. The van der Waals surface area contributed by atoms with Crippen molar-refractivity contribution in [3.63, 3.8) is 0 Å². The van der Waals surface area contributed by atoms with Crippen LogP contribution in [0.4, 0.5) is 0 Å². The summed E-state index contributed by atoms with van der Waals surface area (Å²) >= 11 is 0. The summed E-state index contributed by atoms with van der Waals surface area (Å²) in [6, 6.07) is 3.84. The largest absolute Gasteiger partial charge is 0.484 e. The highest BCUT2D eigenvalue weighted by atomic mass is 16.5. The van der Waals surface area contributed by atoms with Crippen molar-refractivity contribution < 1.29 is 9.26 Å². The van der Waals surface area contributed by atoms with Crippen molar-refractivity contribution in [3.8, 4) is 5.75 Å². The highest BCUT2D eigenvalue weighted by Crippen LogP contribution is 2.31. The Kier molecular flexibility index (Phi) is 4.11. The van der Waals surface area contributed by atoms with Crippen LogP contribution in [0.15, 0.2) is 29.0 Å². The third-order valence-corrected chi connectivity index (χ3v) is 4.55. The standard InChI is InChI=1S/C18H20N4O2/c1-12-16(9-14-10-19-8-7-15(14)20-12)23-11-17-21-18(24-22-17)13-5-3-2-4-6-13/h7-10,13H,2-6,11H2,1H3. The van der Waals surface area contributed by atoms with Gasteiger partial charge in [0.25, 0.3) is 0 Å². The molecule has 0 N–H and O–H groups in total. The van der Waals surface area contributed by atoms with E-state index in [-0.39, 0.29) is 6.61 Å². The van der Waals surface area contributed by atoms with Crippen LogP contribution in [0, 0.1) is 6.92 Å². The van der Waals surface area contributed by atoms with Gasteiger partial charge in [0.1, 0.15) is 5.75 Å². The number of ether oxygens (including phenoxy) is 1. The fourth-order valence-electron chi connectivity index (χ4n) is 3.22. The van der Waals surface area contributed by atoms with Gasteiger partial charge >= 0.3 is 0 Å². The fourth-order valence-corrected chi connectivity index (χ4v) is 3.22. The van der Waals surface area contributed by atoms with Crippen molar-refractivity contribution in [2.75, 3.05) is 0 Å². The van der Waals surface area contributed by atoms with Gasteiger partial charge in [-0.1, -0.05) is 24.4 Å². The Morgan fingerprint density at radius 3 is 2.96 bits per heavy atom. The SMILES string of the molecule is Cc1nc2ccncc2cc1OCc1noc(C2CCCCC2)n1. The number of hydrogen-bond acceptors (Lipinski definition) is 6. The second kappa shape index (κ2) is 6.55. The summed E-state index contributed by atoms with van der Waals surface area (Å²) in [5.41, 5.74) is 1.75. The molecule has 0 amide bonds. The van der Waals surface area contributed by atoms with E-state index in [2.05, 4.69) is 20.1 Å². The van der Waals surface area contributed by atoms with Gasteiger partial charge in [0.05, 0.1) is 11.2 Å². The lowest BCUT2D eigenvalue weighted by Gasteiger charge is -2.17. The Morgan fingerprint density at radius 2 is 2.08 bits per heavy atom. The van der Waals surface area contributed by atoms with Gasteiger partial charge in [0.2, 0.25) is 11.7 Å². The lowest BCUT2D eigenvalue weighted by Crippen LogP contribution is -2.05. The van der Waals surface area contributed by atoms with E-state index in [1.54, 1.807) is 12.4 Å². The molecule has 0 radical (unpaired) electrons. The van der Waals surface area contributed by atoms with Gasteiger partial charge in [-0.25, -0.2) is 4.98 Å². The zero-order valence-corrected chi connectivity index (χ0v) is 13.7. The van der Waals surface area contributed by atoms with E-state index in [1.165, 1.54) is 19.3 Å². The number of fused-ring (bicyclic) bond motifs is 1. The average molecular weight is 324 g/mol. The smallest absolute Gasteiger partial charge is 0.229 e. The Balaban J connectivity index is 1.47. The molecule has 0 bridgehead atoms. The van der Waals surface area contributed by atoms with E-state index in [9.17, 15) is 0 Å². The van der Waals surface area contributed by atoms with E-state index in [0.717, 1.165) is 41.1 Å². The number of pyridine rings is 2. The summed E-state index contributed by atoms with van der Waals surface area (Å²) in [5, 5.41) is 5.01. The summed E-state index contributed by atoms with van der Waals surface area (Å²) in [6.45, 7) is 2.21. The van der Waals surface area contributed by atoms with Gasteiger partial charge < -0.3 is 9.26 Å². The molecule has 1 saturated carbocycles. The molecule has 6 nitrogen and oxygen atoms in total. The van der Waals surface area contributed by atoms with Crippen molar-refractivity contribution >= 4 is 10.9 Å². The molecule has 0 atom stereocenters. The molecule has 0 spiro atoms. The van der Waals surface area contributed by atoms with E-state index in [0.29, 0.717) is 11.7 Å². The van der Waals surface area contributed by atoms with Crippen LogP contribution in [-0.2, 0) is 6.61 Å². The number of aryl methyl sites for hydroxylation is 1. The summed E-state index contributed by atoms with van der Waals surface area (Å²) in [5.74, 6) is 2.47. The Labute approximate surface area is 140 Å². The topological polar surface area (TPSA) is 73.9 Å². The number of rotatable bonds is 4. The zero-order valence-electron chi connectivity index (χ0n) is 13.7. The van der Waals surface area contributed by atoms with Crippen LogP contribution in [0.2, 0.25) is 0 Å². The first kappa shape index (κ1) is 15.1. The quantitative estimate of drug-likeness (QED) is 0.723. The first-order valence-electron chi connectivity index (χ1n) is 8.46. The molecule has 3 aromatic rings. The van der Waals surface area contributed by atoms with Gasteiger partial charge in [-0.2, -0.15) is 4.98 Å². The molecule has 124 valence electrons. The maximum absolute atomic E-state index is 5.86. The van der Waals surface area contributed by atoms with Crippen molar-refractivity contribution in [1.29, 1.82) is 0 Å². The van der Waals surface area contributed by atoms with Crippen LogP contribution in [-0.4, -0.2) is 20.1 Å². The van der Waals surface area contributed by atoms with Crippen LogP contribution in [0.5, 0.6) is 5.75 Å². The predicted molar refractivity (Wildman–Crippen MR) is 88.7 cm³/mol. The molecule has 0 unspecified atom stereocenters. The maximum Gasteiger partial charge on any atom is 0.229 e. The second-order valence-electron chi connectivity index (χ2n) is 6.31. The molecule has 3 aromatic heterocycles. The highest BCUT2D eigenvalue weighted by molar-refractivity contribution is 5.79. The summed E-state index contributed by atoms with van der Waals surface area (Å²) in [7, 11) is 0. The first-order valence-corrected chi connectivity index (χ1v) is 8.46.